The highest BCUT2D eigenvalue weighted by Gasteiger charge is 2.15. The maximum Gasteiger partial charge on any atom is 0.336 e. The van der Waals surface area contributed by atoms with Crippen LogP contribution in [0.3, 0.4) is 0 Å². The lowest BCUT2D eigenvalue weighted by Gasteiger charge is -2.26. The topological polar surface area (TPSA) is 66.3 Å². The monoisotopic (exact) mass is 301 g/mol. The fourth-order valence-corrected chi connectivity index (χ4v) is 3.23. The smallest absolute Gasteiger partial charge is 0.336 e. The number of carbonyl (C=O) groups is 1. The minimum absolute atomic E-state index is 0.244. The molecule has 1 aromatic carbocycles. The average molecular weight is 301 g/mol. The van der Waals surface area contributed by atoms with Gasteiger partial charge in [0.25, 0.3) is 0 Å². The zero-order valence-electron chi connectivity index (χ0n) is 11.4. The molecule has 1 saturated heterocycles. The highest BCUT2D eigenvalue weighted by atomic mass is 32.2. The van der Waals surface area contributed by atoms with E-state index in [0.717, 1.165) is 30.4 Å². The van der Waals surface area contributed by atoms with Crippen molar-refractivity contribution in [2.75, 3.05) is 29.5 Å². The van der Waals surface area contributed by atoms with Gasteiger partial charge in [-0.05, 0) is 18.2 Å². The molecule has 0 aliphatic carbocycles. The van der Waals surface area contributed by atoms with Crippen LogP contribution >= 0.6 is 11.8 Å². The number of anilines is 1. The van der Waals surface area contributed by atoms with Crippen LogP contribution < -0.4 is 4.90 Å². The van der Waals surface area contributed by atoms with Gasteiger partial charge in [-0.1, -0.05) is 18.2 Å². The summed E-state index contributed by atoms with van der Waals surface area (Å²) in [6, 6.07) is 10.6. The van der Waals surface area contributed by atoms with Gasteiger partial charge in [0.2, 0.25) is 0 Å². The van der Waals surface area contributed by atoms with Gasteiger partial charge in [-0.3, -0.25) is 0 Å². The van der Waals surface area contributed by atoms with Gasteiger partial charge in [-0.2, -0.15) is 11.8 Å². The molecule has 0 radical (unpaired) electrons. The third-order valence-corrected chi connectivity index (χ3v) is 4.36. The molecule has 5 nitrogen and oxygen atoms in total. The van der Waals surface area contributed by atoms with Crippen LogP contribution in [0.1, 0.15) is 10.4 Å². The normalized spacial score (nSPS) is 15.0. The summed E-state index contributed by atoms with van der Waals surface area (Å²) >= 11 is 1.94. The number of rotatable bonds is 3. The Morgan fingerprint density at radius 3 is 2.52 bits per heavy atom. The average Bonchev–Trinajstić information content (AvgIpc) is 2.56. The zero-order chi connectivity index (χ0) is 14.7. The molecule has 2 heterocycles. The first-order valence-corrected chi connectivity index (χ1v) is 7.90. The molecule has 1 aromatic heterocycles. The van der Waals surface area contributed by atoms with E-state index in [1.165, 1.54) is 0 Å². The standard InChI is InChI=1S/C15H15N3O2S/c19-15(20)12-4-2-1-3-11(12)13-5-6-14(17-16-13)18-7-9-21-10-8-18/h1-6H,7-10H2,(H,19,20). The first-order valence-electron chi connectivity index (χ1n) is 6.75. The molecule has 3 rings (SSSR count). The molecule has 21 heavy (non-hydrogen) atoms. The van der Waals surface area contributed by atoms with Crippen molar-refractivity contribution in [1.82, 2.24) is 10.2 Å². The van der Waals surface area contributed by atoms with Crippen LogP contribution in [0.15, 0.2) is 36.4 Å². The predicted octanol–water partition coefficient (Wildman–Crippen LogP) is 2.40. The number of aromatic nitrogens is 2. The van der Waals surface area contributed by atoms with Gasteiger partial charge in [-0.15, -0.1) is 10.2 Å². The molecule has 0 atom stereocenters. The van der Waals surface area contributed by atoms with Crippen molar-refractivity contribution >= 4 is 23.5 Å². The maximum atomic E-state index is 11.3. The molecule has 1 aliphatic heterocycles. The quantitative estimate of drug-likeness (QED) is 0.939. The summed E-state index contributed by atoms with van der Waals surface area (Å²) in [7, 11) is 0. The molecule has 0 saturated carbocycles. The SMILES string of the molecule is O=C(O)c1ccccc1-c1ccc(N2CCSCC2)nn1. The van der Waals surface area contributed by atoms with E-state index in [0.29, 0.717) is 11.3 Å². The number of nitrogens with zero attached hydrogens (tertiary/aromatic N) is 3. The fraction of sp³-hybridized carbons (Fsp3) is 0.267. The number of carboxylic acids is 1. The van der Waals surface area contributed by atoms with Crippen molar-refractivity contribution in [3.63, 3.8) is 0 Å². The van der Waals surface area contributed by atoms with Crippen LogP contribution in [0.4, 0.5) is 5.82 Å². The van der Waals surface area contributed by atoms with Crippen LogP contribution in [0.25, 0.3) is 11.3 Å². The van der Waals surface area contributed by atoms with Gasteiger partial charge in [0.05, 0.1) is 11.3 Å². The summed E-state index contributed by atoms with van der Waals surface area (Å²) in [5.74, 6) is 2.10. The largest absolute Gasteiger partial charge is 0.478 e. The van der Waals surface area contributed by atoms with Crippen molar-refractivity contribution in [3.05, 3.63) is 42.0 Å². The van der Waals surface area contributed by atoms with Gasteiger partial charge in [-0.25, -0.2) is 4.79 Å². The summed E-state index contributed by atoms with van der Waals surface area (Å²) in [6.45, 7) is 1.95. The Labute approximate surface area is 127 Å². The van der Waals surface area contributed by atoms with Gasteiger partial charge in [0.15, 0.2) is 5.82 Å². The summed E-state index contributed by atoms with van der Waals surface area (Å²) in [5.41, 5.74) is 1.43. The summed E-state index contributed by atoms with van der Waals surface area (Å²) in [5, 5.41) is 17.7. The van der Waals surface area contributed by atoms with Crippen molar-refractivity contribution in [3.8, 4) is 11.3 Å². The Bertz CT molecular complexity index is 640. The Hall–Kier alpha value is -2.08. The van der Waals surface area contributed by atoms with E-state index in [4.69, 9.17) is 0 Å². The van der Waals surface area contributed by atoms with Crippen molar-refractivity contribution in [2.45, 2.75) is 0 Å². The lowest BCUT2D eigenvalue weighted by atomic mass is 10.0. The molecule has 0 spiro atoms. The highest BCUT2D eigenvalue weighted by Crippen LogP contribution is 2.23. The van der Waals surface area contributed by atoms with E-state index < -0.39 is 5.97 Å². The lowest BCUT2D eigenvalue weighted by Crippen LogP contribution is -2.33. The number of thioether (sulfide) groups is 1. The zero-order valence-corrected chi connectivity index (χ0v) is 12.2. The van der Waals surface area contributed by atoms with Gasteiger partial charge in [0.1, 0.15) is 0 Å². The van der Waals surface area contributed by atoms with Crippen molar-refractivity contribution in [1.29, 1.82) is 0 Å². The molecule has 0 amide bonds. The Morgan fingerprint density at radius 2 is 1.86 bits per heavy atom. The highest BCUT2D eigenvalue weighted by molar-refractivity contribution is 7.99. The first kappa shape index (κ1) is 13.9. The second-order valence-corrected chi connectivity index (χ2v) is 5.95. The molecule has 6 heteroatoms. The van der Waals surface area contributed by atoms with E-state index in [9.17, 15) is 9.90 Å². The molecule has 2 aromatic rings. The molecular formula is C15H15N3O2S. The maximum absolute atomic E-state index is 11.3. The predicted molar refractivity (Wildman–Crippen MR) is 84.0 cm³/mol. The third-order valence-electron chi connectivity index (χ3n) is 3.42. The van der Waals surface area contributed by atoms with Gasteiger partial charge in [0, 0.05) is 30.2 Å². The van der Waals surface area contributed by atoms with Crippen molar-refractivity contribution < 1.29 is 9.90 Å². The van der Waals surface area contributed by atoms with Crippen LogP contribution in [0.2, 0.25) is 0 Å². The molecule has 0 unspecified atom stereocenters. The fourth-order valence-electron chi connectivity index (χ4n) is 2.32. The van der Waals surface area contributed by atoms with E-state index in [2.05, 4.69) is 15.1 Å². The Morgan fingerprint density at radius 1 is 1.10 bits per heavy atom. The number of hydrogen-bond acceptors (Lipinski definition) is 5. The van der Waals surface area contributed by atoms with Crippen LogP contribution in [-0.2, 0) is 0 Å². The summed E-state index contributed by atoms with van der Waals surface area (Å²) in [6.07, 6.45) is 0. The Kier molecular flexibility index (Phi) is 4.06. The summed E-state index contributed by atoms with van der Waals surface area (Å²) < 4.78 is 0. The van der Waals surface area contributed by atoms with Crippen LogP contribution in [-0.4, -0.2) is 45.9 Å². The lowest BCUT2D eigenvalue weighted by molar-refractivity contribution is 0.0697. The minimum Gasteiger partial charge on any atom is -0.478 e. The second-order valence-electron chi connectivity index (χ2n) is 4.73. The Balaban J connectivity index is 1.89. The number of benzene rings is 1. The third kappa shape index (κ3) is 3.00. The molecular weight excluding hydrogens is 286 g/mol. The summed E-state index contributed by atoms with van der Waals surface area (Å²) in [4.78, 5) is 13.5. The number of aromatic carboxylic acids is 1. The minimum atomic E-state index is -0.954. The number of hydrogen-bond donors (Lipinski definition) is 1. The van der Waals surface area contributed by atoms with E-state index in [-0.39, 0.29) is 5.56 Å². The van der Waals surface area contributed by atoms with Crippen molar-refractivity contribution in [2.24, 2.45) is 0 Å². The molecule has 1 N–H and O–H groups in total. The van der Waals surface area contributed by atoms with Gasteiger partial charge >= 0.3 is 5.97 Å². The van der Waals surface area contributed by atoms with E-state index in [1.807, 2.05) is 23.9 Å². The molecule has 1 aliphatic rings. The molecule has 0 bridgehead atoms. The molecule has 1 fully saturated rings. The van der Waals surface area contributed by atoms with Gasteiger partial charge < -0.3 is 10.0 Å². The first-order chi connectivity index (χ1) is 10.3. The van der Waals surface area contributed by atoms with E-state index in [1.54, 1.807) is 24.3 Å². The van der Waals surface area contributed by atoms with E-state index >= 15 is 0 Å². The number of carboxylic acid groups (broad SMARTS) is 1. The second kappa shape index (κ2) is 6.13. The van der Waals surface area contributed by atoms with Crippen LogP contribution in [0.5, 0.6) is 0 Å². The molecule has 108 valence electrons. The van der Waals surface area contributed by atoms with Crippen LogP contribution in [0, 0.1) is 0 Å².